The zero-order valence-electron chi connectivity index (χ0n) is 17.4. The van der Waals surface area contributed by atoms with Gasteiger partial charge in [-0.3, -0.25) is 10.8 Å². The van der Waals surface area contributed by atoms with E-state index < -0.39 is 0 Å². The van der Waals surface area contributed by atoms with Crippen LogP contribution in [0.1, 0.15) is 41.5 Å². The second kappa shape index (κ2) is 19.2. The van der Waals surface area contributed by atoms with E-state index in [0.29, 0.717) is 0 Å². The summed E-state index contributed by atoms with van der Waals surface area (Å²) in [7, 11) is 0. The van der Waals surface area contributed by atoms with E-state index >= 15 is 0 Å². The molecule has 0 amide bonds. The molecule has 0 aliphatic carbocycles. The van der Waals surface area contributed by atoms with Crippen LogP contribution in [0.2, 0.25) is 0 Å². The van der Waals surface area contributed by atoms with Crippen LogP contribution < -0.4 is 22.1 Å². The number of halogens is 4. The molecule has 0 aromatic heterocycles. The quantitative estimate of drug-likeness (QED) is 0.146. The van der Waals surface area contributed by atoms with Crippen molar-refractivity contribution in [1.82, 2.24) is 10.6 Å². The van der Waals surface area contributed by atoms with Crippen LogP contribution in [0.15, 0.2) is 48.5 Å². The molecule has 0 atom stereocenters. The van der Waals surface area contributed by atoms with E-state index in [2.05, 4.69) is 10.6 Å². The van der Waals surface area contributed by atoms with Gasteiger partial charge in [0.15, 0.2) is 0 Å². The second-order valence-electron chi connectivity index (χ2n) is 6.64. The average Bonchev–Trinajstić information content (AvgIpc) is 2.67. The van der Waals surface area contributed by atoms with Crippen LogP contribution >= 0.6 is 49.6 Å². The molecule has 2 aromatic rings. The van der Waals surface area contributed by atoms with E-state index in [0.717, 1.165) is 50.1 Å². The van der Waals surface area contributed by atoms with Crippen LogP contribution in [0.25, 0.3) is 0 Å². The van der Waals surface area contributed by atoms with Crippen LogP contribution in [0.5, 0.6) is 0 Å². The number of nitrogens with one attached hydrogen (secondary N) is 4. The van der Waals surface area contributed by atoms with Gasteiger partial charge in [0, 0.05) is 24.2 Å². The van der Waals surface area contributed by atoms with Gasteiger partial charge in [0.2, 0.25) is 0 Å². The molecule has 2 rings (SSSR count). The first kappa shape index (κ1) is 34.1. The first-order chi connectivity index (χ1) is 13.1. The number of amidine groups is 2. The Morgan fingerprint density at radius 3 is 1.19 bits per heavy atom. The standard InChI is InChI=1S/C21H30N6.4ClH/c22-20(23)18-8-4-16(5-9-18)14-26-12-2-1-3-13-27-15-17-6-10-19(11-7-17)21(24)25;;;;/h4-11,26-27H,1-3,12-15H2,(H3,22,23)(H3,24,25);4*1H. The normalized spacial score (nSPS) is 9.29. The fraction of sp³-hybridized carbons (Fsp3) is 0.333. The van der Waals surface area contributed by atoms with Crippen LogP contribution in [-0.2, 0) is 13.1 Å². The summed E-state index contributed by atoms with van der Waals surface area (Å²) in [5.41, 5.74) is 14.8. The van der Waals surface area contributed by atoms with Crippen molar-refractivity contribution in [3.05, 3.63) is 70.8 Å². The van der Waals surface area contributed by atoms with Crippen molar-refractivity contribution in [3.8, 4) is 0 Å². The van der Waals surface area contributed by atoms with Gasteiger partial charge >= 0.3 is 0 Å². The molecule has 31 heavy (non-hydrogen) atoms. The Morgan fingerprint density at radius 2 is 0.903 bits per heavy atom. The third-order valence-corrected chi connectivity index (χ3v) is 4.40. The Kier molecular flexibility index (Phi) is 21.1. The molecule has 0 fully saturated rings. The Hall–Kier alpha value is -1.54. The van der Waals surface area contributed by atoms with Crippen LogP contribution in [0.3, 0.4) is 0 Å². The van der Waals surface area contributed by atoms with Crippen LogP contribution in [-0.4, -0.2) is 24.8 Å². The van der Waals surface area contributed by atoms with Crippen LogP contribution in [0, 0.1) is 10.8 Å². The number of hydrogen-bond acceptors (Lipinski definition) is 4. The van der Waals surface area contributed by atoms with E-state index in [4.69, 9.17) is 22.3 Å². The number of nitrogen functional groups attached to an aromatic ring is 2. The third-order valence-electron chi connectivity index (χ3n) is 4.40. The molecule has 0 radical (unpaired) electrons. The first-order valence-electron chi connectivity index (χ1n) is 9.34. The maximum Gasteiger partial charge on any atom is 0.122 e. The molecule has 2 aromatic carbocycles. The lowest BCUT2D eigenvalue weighted by Crippen LogP contribution is -2.17. The minimum atomic E-state index is 0. The highest BCUT2D eigenvalue weighted by Gasteiger charge is 1.98. The first-order valence-corrected chi connectivity index (χ1v) is 9.34. The zero-order chi connectivity index (χ0) is 19.5. The highest BCUT2D eigenvalue weighted by molar-refractivity contribution is 5.95. The molecular weight excluding hydrogens is 478 g/mol. The molecule has 0 heterocycles. The Labute approximate surface area is 210 Å². The van der Waals surface area contributed by atoms with E-state index in [1.165, 1.54) is 17.5 Å². The summed E-state index contributed by atoms with van der Waals surface area (Å²) in [6.45, 7) is 3.68. The largest absolute Gasteiger partial charge is 0.384 e. The van der Waals surface area contributed by atoms with Crippen molar-refractivity contribution >= 4 is 61.3 Å². The smallest absolute Gasteiger partial charge is 0.122 e. The van der Waals surface area contributed by atoms with Gasteiger partial charge in [-0.15, -0.1) is 49.6 Å². The Balaban J connectivity index is -0.00000196. The van der Waals surface area contributed by atoms with E-state index in [1.807, 2.05) is 48.5 Å². The van der Waals surface area contributed by atoms with Gasteiger partial charge in [-0.2, -0.15) is 0 Å². The Morgan fingerprint density at radius 1 is 0.581 bits per heavy atom. The topological polar surface area (TPSA) is 124 Å². The van der Waals surface area contributed by atoms with Crippen molar-refractivity contribution in [2.24, 2.45) is 11.5 Å². The fourth-order valence-corrected chi connectivity index (χ4v) is 2.75. The van der Waals surface area contributed by atoms with Gasteiger partial charge < -0.3 is 22.1 Å². The summed E-state index contributed by atoms with van der Waals surface area (Å²) in [5.74, 6) is 0.215. The molecule has 0 spiro atoms. The summed E-state index contributed by atoms with van der Waals surface area (Å²) in [4.78, 5) is 0. The second-order valence-corrected chi connectivity index (χ2v) is 6.64. The molecule has 10 heteroatoms. The van der Waals surface area contributed by atoms with Gasteiger partial charge in [-0.25, -0.2) is 0 Å². The van der Waals surface area contributed by atoms with E-state index in [9.17, 15) is 0 Å². The van der Waals surface area contributed by atoms with Gasteiger partial charge in [0.05, 0.1) is 0 Å². The zero-order valence-corrected chi connectivity index (χ0v) is 20.6. The number of benzene rings is 2. The summed E-state index contributed by atoms with van der Waals surface area (Å²) in [5, 5.41) is 21.7. The molecular formula is C21H34Cl4N6. The predicted molar refractivity (Wildman–Crippen MR) is 141 cm³/mol. The van der Waals surface area contributed by atoms with Gasteiger partial charge in [0.25, 0.3) is 0 Å². The summed E-state index contributed by atoms with van der Waals surface area (Å²) >= 11 is 0. The van der Waals surface area contributed by atoms with Crippen molar-refractivity contribution < 1.29 is 0 Å². The molecule has 0 saturated carbocycles. The lowest BCUT2D eigenvalue weighted by atomic mass is 10.1. The molecule has 176 valence electrons. The molecule has 0 saturated heterocycles. The lowest BCUT2D eigenvalue weighted by molar-refractivity contribution is 0.572. The lowest BCUT2D eigenvalue weighted by Gasteiger charge is -2.07. The minimum absolute atomic E-state index is 0. The van der Waals surface area contributed by atoms with E-state index in [1.54, 1.807) is 0 Å². The molecule has 0 aliphatic rings. The van der Waals surface area contributed by atoms with Crippen LogP contribution in [0.4, 0.5) is 0 Å². The van der Waals surface area contributed by atoms with Crippen molar-refractivity contribution in [3.63, 3.8) is 0 Å². The predicted octanol–water partition coefficient (Wildman–Crippen LogP) is 3.99. The molecule has 0 bridgehead atoms. The highest BCUT2D eigenvalue weighted by Crippen LogP contribution is 2.05. The maximum atomic E-state index is 7.39. The number of unbranched alkanes of at least 4 members (excludes halogenated alkanes) is 2. The average molecular weight is 512 g/mol. The van der Waals surface area contributed by atoms with Gasteiger partial charge in [-0.05, 0) is 37.1 Å². The summed E-state index contributed by atoms with van der Waals surface area (Å²) in [6, 6.07) is 15.6. The molecule has 0 unspecified atom stereocenters. The van der Waals surface area contributed by atoms with E-state index in [-0.39, 0.29) is 61.3 Å². The number of hydrogen-bond donors (Lipinski definition) is 6. The van der Waals surface area contributed by atoms with Gasteiger partial charge in [0.1, 0.15) is 11.7 Å². The molecule has 6 nitrogen and oxygen atoms in total. The SMILES string of the molecule is Cl.Cl.Cl.Cl.N=C(N)c1ccc(CNCCCCCNCc2ccc(C(=N)N)cc2)cc1. The maximum absolute atomic E-state index is 7.39. The van der Waals surface area contributed by atoms with Crippen molar-refractivity contribution in [2.45, 2.75) is 32.4 Å². The Bertz CT molecular complexity index is 675. The third kappa shape index (κ3) is 13.5. The highest BCUT2D eigenvalue weighted by atomic mass is 35.5. The fourth-order valence-electron chi connectivity index (χ4n) is 2.75. The molecule has 0 aliphatic heterocycles. The number of rotatable bonds is 12. The summed E-state index contributed by atoms with van der Waals surface area (Å²) in [6.07, 6.45) is 3.49. The summed E-state index contributed by atoms with van der Waals surface area (Å²) < 4.78 is 0. The van der Waals surface area contributed by atoms with Crippen molar-refractivity contribution in [2.75, 3.05) is 13.1 Å². The monoisotopic (exact) mass is 510 g/mol. The van der Waals surface area contributed by atoms with Gasteiger partial charge in [-0.1, -0.05) is 55.0 Å². The minimum Gasteiger partial charge on any atom is -0.384 e. The molecule has 8 N–H and O–H groups in total. The van der Waals surface area contributed by atoms with Crippen molar-refractivity contribution in [1.29, 1.82) is 10.8 Å². The number of nitrogens with two attached hydrogens (primary N) is 2.